The highest BCUT2D eigenvalue weighted by Gasteiger charge is 2.33. The van der Waals surface area contributed by atoms with Crippen molar-refractivity contribution in [3.8, 4) is 0 Å². The van der Waals surface area contributed by atoms with Gasteiger partial charge in [-0.1, -0.05) is 11.6 Å². The van der Waals surface area contributed by atoms with Gasteiger partial charge >= 0.3 is 6.18 Å². The summed E-state index contributed by atoms with van der Waals surface area (Å²) in [5, 5.41) is 2.13. The molecule has 1 amide bonds. The van der Waals surface area contributed by atoms with Crippen LogP contribution in [-0.2, 0) is 11.0 Å². The molecule has 1 N–H and O–H groups in total. The minimum atomic E-state index is -4.55. The van der Waals surface area contributed by atoms with Crippen LogP contribution in [0.25, 0.3) is 0 Å². The number of amides is 1. The molecule has 0 saturated heterocycles. The summed E-state index contributed by atoms with van der Waals surface area (Å²) in [6, 6.07) is 8.62. The van der Waals surface area contributed by atoms with Crippen molar-refractivity contribution >= 4 is 35.0 Å². The fourth-order valence-corrected chi connectivity index (χ4v) is 2.65. The smallest absolute Gasteiger partial charge is 0.325 e. The Morgan fingerprint density at radius 1 is 1.13 bits per heavy atom. The third kappa shape index (κ3) is 5.14. The van der Waals surface area contributed by atoms with E-state index in [0.717, 1.165) is 23.9 Å². The second-order valence-electron chi connectivity index (χ2n) is 4.48. The first kappa shape index (κ1) is 17.6. The number of alkyl halides is 3. The lowest BCUT2D eigenvalue weighted by Crippen LogP contribution is -2.14. The number of halogens is 5. The lowest BCUT2D eigenvalue weighted by Gasteiger charge is -2.10. The minimum Gasteiger partial charge on any atom is -0.325 e. The molecule has 0 heterocycles. The maximum atomic E-state index is 12.7. The van der Waals surface area contributed by atoms with Crippen LogP contribution in [-0.4, -0.2) is 11.7 Å². The van der Waals surface area contributed by atoms with Crippen LogP contribution in [0.5, 0.6) is 0 Å². The summed E-state index contributed by atoms with van der Waals surface area (Å²) < 4.78 is 51.0. The number of hydrogen-bond donors (Lipinski definition) is 1. The molecule has 0 saturated carbocycles. The van der Waals surface area contributed by atoms with E-state index in [2.05, 4.69) is 5.32 Å². The van der Waals surface area contributed by atoms with Gasteiger partial charge in [-0.05, 0) is 42.5 Å². The van der Waals surface area contributed by atoms with Crippen molar-refractivity contribution in [2.24, 2.45) is 0 Å². The molecule has 8 heteroatoms. The third-order valence-electron chi connectivity index (χ3n) is 2.74. The van der Waals surface area contributed by atoms with Crippen LogP contribution in [0.3, 0.4) is 0 Å². The fourth-order valence-electron chi connectivity index (χ4n) is 1.69. The summed E-state index contributed by atoms with van der Waals surface area (Å²) in [5.74, 6) is -0.931. The van der Waals surface area contributed by atoms with Gasteiger partial charge < -0.3 is 5.32 Å². The summed E-state index contributed by atoms with van der Waals surface area (Å²) in [4.78, 5) is 12.0. The summed E-state index contributed by atoms with van der Waals surface area (Å²) >= 11 is 6.47. The normalized spacial score (nSPS) is 11.3. The zero-order valence-corrected chi connectivity index (χ0v) is 13.0. The van der Waals surface area contributed by atoms with Gasteiger partial charge in [0, 0.05) is 10.6 Å². The van der Waals surface area contributed by atoms with E-state index in [9.17, 15) is 22.4 Å². The zero-order chi connectivity index (χ0) is 17.0. The van der Waals surface area contributed by atoms with Crippen LogP contribution in [0, 0.1) is 5.82 Å². The van der Waals surface area contributed by atoms with Crippen molar-refractivity contribution in [1.82, 2.24) is 0 Å². The molecule has 0 atom stereocenters. The van der Waals surface area contributed by atoms with Crippen LogP contribution >= 0.6 is 23.4 Å². The van der Waals surface area contributed by atoms with E-state index >= 15 is 0 Å². The lowest BCUT2D eigenvalue weighted by molar-refractivity contribution is -0.137. The van der Waals surface area contributed by atoms with Crippen molar-refractivity contribution in [3.63, 3.8) is 0 Å². The summed E-state index contributed by atoms with van der Waals surface area (Å²) in [6.45, 7) is 0. The van der Waals surface area contributed by atoms with Crippen LogP contribution < -0.4 is 5.32 Å². The Bertz CT molecular complexity index is 704. The Morgan fingerprint density at radius 2 is 1.78 bits per heavy atom. The zero-order valence-electron chi connectivity index (χ0n) is 11.5. The molecule has 122 valence electrons. The molecule has 0 fully saturated rings. The highest BCUT2D eigenvalue weighted by Crippen LogP contribution is 2.36. The predicted octanol–water partition coefficient (Wildman–Crippen LogP) is 5.23. The number of thioether (sulfide) groups is 1. The lowest BCUT2D eigenvalue weighted by atomic mass is 10.2. The first-order chi connectivity index (χ1) is 10.8. The maximum absolute atomic E-state index is 12.7. The Hall–Kier alpha value is -1.73. The monoisotopic (exact) mass is 363 g/mol. The van der Waals surface area contributed by atoms with E-state index in [1.807, 2.05) is 0 Å². The van der Waals surface area contributed by atoms with E-state index in [4.69, 9.17) is 11.6 Å². The SMILES string of the molecule is O=C(CSc1ccc(Cl)c(C(F)(F)F)c1)Nc1ccc(F)cc1. The van der Waals surface area contributed by atoms with Crippen molar-refractivity contribution in [2.45, 2.75) is 11.1 Å². The second-order valence-corrected chi connectivity index (χ2v) is 5.94. The summed E-state index contributed by atoms with van der Waals surface area (Å²) in [5.41, 5.74) is -0.535. The topological polar surface area (TPSA) is 29.1 Å². The number of carbonyl (C=O) groups excluding carboxylic acids is 1. The van der Waals surface area contributed by atoms with Crippen LogP contribution in [0.1, 0.15) is 5.56 Å². The predicted molar refractivity (Wildman–Crippen MR) is 82.2 cm³/mol. The van der Waals surface area contributed by atoms with Crippen molar-refractivity contribution < 1.29 is 22.4 Å². The number of rotatable bonds is 4. The number of carbonyl (C=O) groups is 1. The van der Waals surface area contributed by atoms with Gasteiger partial charge in [0.05, 0.1) is 16.3 Å². The van der Waals surface area contributed by atoms with E-state index in [1.54, 1.807) is 0 Å². The highest BCUT2D eigenvalue weighted by molar-refractivity contribution is 8.00. The van der Waals surface area contributed by atoms with Gasteiger partial charge in [0.25, 0.3) is 0 Å². The Morgan fingerprint density at radius 3 is 2.39 bits per heavy atom. The standard InChI is InChI=1S/C15H10ClF4NOS/c16-13-6-5-11(7-12(13)15(18,19)20)23-8-14(22)21-10-3-1-9(17)2-4-10/h1-7H,8H2,(H,21,22). The maximum Gasteiger partial charge on any atom is 0.417 e. The molecule has 2 aromatic carbocycles. The van der Waals surface area contributed by atoms with Gasteiger partial charge in [0.15, 0.2) is 0 Å². The van der Waals surface area contributed by atoms with Gasteiger partial charge in [-0.15, -0.1) is 11.8 Å². The van der Waals surface area contributed by atoms with Crippen molar-refractivity contribution in [2.75, 3.05) is 11.1 Å². The number of anilines is 1. The minimum absolute atomic E-state index is 0.0870. The average molecular weight is 364 g/mol. The quantitative estimate of drug-likeness (QED) is 0.595. The van der Waals surface area contributed by atoms with Gasteiger partial charge in [-0.25, -0.2) is 4.39 Å². The molecule has 2 rings (SSSR count). The molecular formula is C15H10ClF4NOS. The molecule has 0 aliphatic heterocycles. The van der Waals surface area contributed by atoms with Gasteiger partial charge in [0.1, 0.15) is 5.82 Å². The Kier molecular flexibility index (Phi) is 5.54. The first-order valence-electron chi connectivity index (χ1n) is 6.30. The Labute approximate surface area is 138 Å². The second kappa shape index (κ2) is 7.23. The first-order valence-corrected chi connectivity index (χ1v) is 7.67. The summed E-state index contributed by atoms with van der Waals surface area (Å²) in [6.07, 6.45) is -4.55. The molecule has 0 aliphatic carbocycles. The average Bonchev–Trinajstić information content (AvgIpc) is 2.47. The van der Waals surface area contributed by atoms with Crippen molar-refractivity contribution in [3.05, 3.63) is 58.9 Å². The van der Waals surface area contributed by atoms with Crippen molar-refractivity contribution in [1.29, 1.82) is 0 Å². The molecule has 2 nitrogen and oxygen atoms in total. The molecule has 0 spiro atoms. The van der Waals surface area contributed by atoms with Gasteiger partial charge in [-0.3, -0.25) is 4.79 Å². The molecule has 0 radical (unpaired) electrons. The molecule has 2 aromatic rings. The molecular weight excluding hydrogens is 354 g/mol. The molecule has 0 bridgehead atoms. The largest absolute Gasteiger partial charge is 0.417 e. The molecule has 23 heavy (non-hydrogen) atoms. The van der Waals surface area contributed by atoms with Crippen LogP contribution in [0.2, 0.25) is 5.02 Å². The Balaban J connectivity index is 1.98. The third-order valence-corrected chi connectivity index (χ3v) is 4.06. The number of benzene rings is 2. The van der Waals surface area contributed by atoms with Gasteiger partial charge in [0.2, 0.25) is 5.91 Å². The fraction of sp³-hybridized carbons (Fsp3) is 0.133. The van der Waals surface area contributed by atoms with E-state index in [0.29, 0.717) is 5.69 Å². The highest BCUT2D eigenvalue weighted by atomic mass is 35.5. The number of hydrogen-bond acceptors (Lipinski definition) is 2. The van der Waals surface area contributed by atoms with Gasteiger partial charge in [-0.2, -0.15) is 13.2 Å². The molecule has 0 unspecified atom stereocenters. The van der Waals surface area contributed by atoms with E-state index in [1.165, 1.54) is 30.3 Å². The molecule has 0 aromatic heterocycles. The summed E-state index contributed by atoms with van der Waals surface area (Å²) in [7, 11) is 0. The number of nitrogens with one attached hydrogen (secondary N) is 1. The van der Waals surface area contributed by atoms with Crippen LogP contribution in [0.4, 0.5) is 23.2 Å². The van der Waals surface area contributed by atoms with Crippen LogP contribution in [0.15, 0.2) is 47.4 Å². The van der Waals surface area contributed by atoms with E-state index < -0.39 is 28.5 Å². The van der Waals surface area contributed by atoms with E-state index in [-0.39, 0.29) is 10.6 Å². The molecule has 0 aliphatic rings.